The number of hydrogen-bond donors (Lipinski definition) is 1. The Morgan fingerprint density at radius 2 is 2.05 bits per heavy atom. The highest BCUT2D eigenvalue weighted by Gasteiger charge is 2.40. The van der Waals surface area contributed by atoms with Crippen LogP contribution in [0.1, 0.15) is 37.8 Å². The second-order valence-electron chi connectivity index (χ2n) is 5.07. The van der Waals surface area contributed by atoms with Gasteiger partial charge >= 0.3 is 5.97 Å². The van der Waals surface area contributed by atoms with Crippen molar-refractivity contribution in [3.63, 3.8) is 0 Å². The van der Waals surface area contributed by atoms with Crippen molar-refractivity contribution in [1.82, 2.24) is 4.90 Å². The molecule has 0 unspecified atom stereocenters. The van der Waals surface area contributed by atoms with Crippen LogP contribution < -0.4 is 0 Å². The molecule has 1 aromatic rings. The van der Waals surface area contributed by atoms with Crippen LogP contribution in [0.2, 0.25) is 0 Å². The van der Waals surface area contributed by atoms with Crippen molar-refractivity contribution < 1.29 is 19.1 Å². The lowest BCUT2D eigenvalue weighted by Crippen LogP contribution is -2.45. The monoisotopic (exact) mass is 279 g/mol. The quantitative estimate of drug-likeness (QED) is 0.921. The van der Waals surface area contributed by atoms with E-state index in [1.165, 1.54) is 12.1 Å². The van der Waals surface area contributed by atoms with E-state index in [1.54, 1.807) is 17.0 Å². The van der Waals surface area contributed by atoms with E-state index in [0.29, 0.717) is 18.5 Å². The molecule has 1 N–H and O–H groups in total. The molecule has 0 saturated carbocycles. The molecule has 0 spiro atoms. The maximum absolute atomic E-state index is 13.0. The molecule has 1 aliphatic heterocycles. The smallest absolute Gasteiger partial charge is 0.308 e. The van der Waals surface area contributed by atoms with Crippen LogP contribution in [0.25, 0.3) is 0 Å². The van der Waals surface area contributed by atoms with Gasteiger partial charge in [-0.05, 0) is 30.5 Å². The predicted octanol–water partition coefficient (Wildman–Crippen LogP) is 2.60. The summed E-state index contributed by atoms with van der Waals surface area (Å²) >= 11 is 0. The SMILES string of the molecule is CCCN1C(=O)CC[C@H](C(=O)O)[C@H]1c1ccc(F)cc1. The van der Waals surface area contributed by atoms with Crippen molar-refractivity contribution in [3.05, 3.63) is 35.6 Å². The van der Waals surface area contributed by atoms with Crippen LogP contribution in [-0.4, -0.2) is 28.4 Å². The lowest BCUT2D eigenvalue weighted by atomic mass is 9.84. The van der Waals surface area contributed by atoms with Crippen LogP contribution in [0.3, 0.4) is 0 Å². The van der Waals surface area contributed by atoms with Gasteiger partial charge in [0.25, 0.3) is 0 Å². The molecule has 1 heterocycles. The van der Waals surface area contributed by atoms with Crippen LogP contribution in [0.15, 0.2) is 24.3 Å². The van der Waals surface area contributed by atoms with Crippen molar-refractivity contribution in [2.45, 2.75) is 32.2 Å². The van der Waals surface area contributed by atoms with E-state index >= 15 is 0 Å². The summed E-state index contributed by atoms with van der Waals surface area (Å²) in [6.45, 7) is 2.46. The first-order valence-electron chi connectivity index (χ1n) is 6.82. The van der Waals surface area contributed by atoms with Crippen LogP contribution in [0, 0.1) is 11.7 Å². The fourth-order valence-electron chi connectivity index (χ4n) is 2.79. The summed E-state index contributed by atoms with van der Waals surface area (Å²) in [6.07, 6.45) is 1.35. The lowest BCUT2D eigenvalue weighted by Gasteiger charge is -2.39. The lowest BCUT2D eigenvalue weighted by molar-refractivity contribution is -0.152. The Morgan fingerprint density at radius 1 is 1.40 bits per heavy atom. The van der Waals surface area contributed by atoms with Gasteiger partial charge in [0.1, 0.15) is 5.82 Å². The number of carbonyl (C=O) groups is 2. The third kappa shape index (κ3) is 2.81. The Bertz CT molecular complexity index is 500. The van der Waals surface area contributed by atoms with E-state index in [2.05, 4.69) is 0 Å². The van der Waals surface area contributed by atoms with Gasteiger partial charge in [0.15, 0.2) is 0 Å². The zero-order valence-electron chi connectivity index (χ0n) is 11.4. The minimum absolute atomic E-state index is 0.0290. The van der Waals surface area contributed by atoms with Crippen molar-refractivity contribution in [1.29, 1.82) is 0 Å². The number of aliphatic carboxylic acids is 1. The molecule has 108 valence electrons. The highest BCUT2D eigenvalue weighted by molar-refractivity contribution is 5.81. The number of piperidine rings is 1. The van der Waals surface area contributed by atoms with Gasteiger partial charge in [-0.1, -0.05) is 19.1 Å². The number of amides is 1. The molecule has 1 amide bonds. The first-order chi connectivity index (χ1) is 9.54. The number of likely N-dealkylation sites (tertiary alicyclic amines) is 1. The summed E-state index contributed by atoms with van der Waals surface area (Å²) in [4.78, 5) is 25.1. The average molecular weight is 279 g/mol. The number of nitrogens with zero attached hydrogens (tertiary/aromatic N) is 1. The number of carboxylic acids is 1. The van der Waals surface area contributed by atoms with Gasteiger partial charge in [-0.3, -0.25) is 9.59 Å². The number of hydrogen-bond acceptors (Lipinski definition) is 2. The molecule has 5 heteroatoms. The summed E-state index contributed by atoms with van der Waals surface area (Å²) < 4.78 is 13.0. The van der Waals surface area contributed by atoms with E-state index in [4.69, 9.17) is 0 Å². The van der Waals surface area contributed by atoms with E-state index in [9.17, 15) is 19.1 Å². The average Bonchev–Trinajstić information content (AvgIpc) is 2.42. The van der Waals surface area contributed by atoms with Crippen LogP contribution in [0.5, 0.6) is 0 Å². The van der Waals surface area contributed by atoms with Gasteiger partial charge in [0.05, 0.1) is 12.0 Å². The third-order valence-corrected chi connectivity index (χ3v) is 3.70. The Kier molecular flexibility index (Phi) is 4.37. The Balaban J connectivity index is 2.39. The molecular weight excluding hydrogens is 261 g/mol. The normalized spacial score (nSPS) is 22.9. The first-order valence-corrected chi connectivity index (χ1v) is 6.82. The van der Waals surface area contributed by atoms with Crippen LogP contribution in [-0.2, 0) is 9.59 Å². The molecule has 1 aromatic carbocycles. The topological polar surface area (TPSA) is 57.6 Å². The van der Waals surface area contributed by atoms with Crippen LogP contribution in [0.4, 0.5) is 4.39 Å². The number of rotatable bonds is 4. The summed E-state index contributed by atoms with van der Waals surface area (Å²) in [5.74, 6) is -1.94. The third-order valence-electron chi connectivity index (χ3n) is 3.70. The summed E-state index contributed by atoms with van der Waals surface area (Å²) in [5.41, 5.74) is 0.681. The highest BCUT2D eigenvalue weighted by Crippen LogP contribution is 2.37. The molecule has 1 fully saturated rings. The van der Waals surface area contributed by atoms with Crippen molar-refractivity contribution >= 4 is 11.9 Å². The molecule has 4 nitrogen and oxygen atoms in total. The Hall–Kier alpha value is -1.91. The zero-order valence-corrected chi connectivity index (χ0v) is 11.4. The molecule has 0 aromatic heterocycles. The fraction of sp³-hybridized carbons (Fsp3) is 0.467. The van der Waals surface area contributed by atoms with Crippen LogP contribution >= 0.6 is 0 Å². The molecule has 2 rings (SSSR count). The van der Waals surface area contributed by atoms with Gasteiger partial charge in [-0.25, -0.2) is 4.39 Å². The van der Waals surface area contributed by atoms with Crippen molar-refractivity contribution in [2.75, 3.05) is 6.54 Å². The summed E-state index contributed by atoms with van der Waals surface area (Å²) in [6, 6.07) is 5.23. The summed E-state index contributed by atoms with van der Waals surface area (Å²) in [7, 11) is 0. The number of carboxylic acid groups (broad SMARTS) is 1. The van der Waals surface area contributed by atoms with E-state index < -0.39 is 17.9 Å². The highest BCUT2D eigenvalue weighted by atomic mass is 19.1. The minimum Gasteiger partial charge on any atom is -0.481 e. The van der Waals surface area contributed by atoms with E-state index in [1.807, 2.05) is 6.92 Å². The molecule has 0 bridgehead atoms. The zero-order chi connectivity index (χ0) is 14.7. The van der Waals surface area contributed by atoms with Crippen molar-refractivity contribution in [3.8, 4) is 0 Å². The minimum atomic E-state index is -0.909. The number of carbonyl (C=O) groups excluding carboxylic acids is 1. The molecule has 0 aliphatic carbocycles. The predicted molar refractivity (Wildman–Crippen MR) is 71.5 cm³/mol. The molecule has 1 aliphatic rings. The Morgan fingerprint density at radius 3 is 2.60 bits per heavy atom. The summed E-state index contributed by atoms with van der Waals surface area (Å²) in [5, 5.41) is 9.38. The second kappa shape index (κ2) is 6.03. The first kappa shape index (κ1) is 14.5. The van der Waals surface area contributed by atoms with Gasteiger partial charge in [0, 0.05) is 13.0 Å². The second-order valence-corrected chi connectivity index (χ2v) is 5.07. The van der Waals surface area contributed by atoms with Gasteiger partial charge in [0.2, 0.25) is 5.91 Å². The number of halogens is 1. The van der Waals surface area contributed by atoms with Gasteiger partial charge in [-0.15, -0.1) is 0 Å². The fourth-order valence-corrected chi connectivity index (χ4v) is 2.79. The maximum atomic E-state index is 13.0. The number of benzene rings is 1. The van der Waals surface area contributed by atoms with Crippen molar-refractivity contribution in [2.24, 2.45) is 5.92 Å². The standard InChI is InChI=1S/C15H18FNO3/c1-2-9-17-13(18)8-7-12(15(19)20)14(17)10-3-5-11(16)6-4-10/h3-6,12,14H,2,7-9H2,1H3,(H,19,20)/t12-,14+/m0/s1. The Labute approximate surface area is 117 Å². The molecule has 20 heavy (non-hydrogen) atoms. The molecule has 2 atom stereocenters. The van der Waals surface area contributed by atoms with E-state index in [-0.39, 0.29) is 18.1 Å². The van der Waals surface area contributed by atoms with E-state index in [0.717, 1.165) is 6.42 Å². The maximum Gasteiger partial charge on any atom is 0.308 e. The molecular formula is C15H18FNO3. The largest absolute Gasteiger partial charge is 0.481 e. The molecule has 0 radical (unpaired) electrons. The molecule has 1 saturated heterocycles. The van der Waals surface area contributed by atoms with Gasteiger partial charge < -0.3 is 10.0 Å². The van der Waals surface area contributed by atoms with Gasteiger partial charge in [-0.2, -0.15) is 0 Å².